The normalized spacial score (nSPS) is 17.8. The Hall–Kier alpha value is -2.88. The molecule has 1 N–H and O–H groups in total. The molecule has 0 aliphatic carbocycles. The fraction of sp³-hybridized carbons (Fsp3) is 0.389. The molecule has 7 nitrogen and oxygen atoms in total. The lowest BCUT2D eigenvalue weighted by Crippen LogP contribution is -2.32. The minimum absolute atomic E-state index is 0.155. The van der Waals surface area contributed by atoms with E-state index in [1.807, 2.05) is 14.1 Å². The third kappa shape index (κ3) is 3.13. The fourth-order valence-corrected chi connectivity index (χ4v) is 3.47. The molecule has 148 valence electrons. The van der Waals surface area contributed by atoms with Crippen molar-refractivity contribution in [2.45, 2.75) is 18.6 Å². The van der Waals surface area contributed by atoms with Gasteiger partial charge < -0.3 is 14.9 Å². The molecule has 0 saturated carbocycles. The number of imidazole rings is 1. The third-order valence-electron chi connectivity index (χ3n) is 5.07. The van der Waals surface area contributed by atoms with Crippen molar-refractivity contribution in [3.8, 4) is 17.1 Å². The van der Waals surface area contributed by atoms with Crippen LogP contribution in [0.2, 0.25) is 0 Å². The number of nitrogens with zero attached hydrogens (tertiary/aromatic N) is 6. The number of anilines is 1. The van der Waals surface area contributed by atoms with Gasteiger partial charge in [-0.2, -0.15) is 13.2 Å². The van der Waals surface area contributed by atoms with Crippen LogP contribution >= 0.6 is 0 Å². The summed E-state index contributed by atoms with van der Waals surface area (Å²) in [5.41, 5.74) is -0.224. The second kappa shape index (κ2) is 6.62. The molecular formula is C18H19F3N6O. The summed E-state index contributed by atoms with van der Waals surface area (Å²) in [6.07, 6.45) is -0.316. The fourth-order valence-electron chi connectivity index (χ4n) is 3.47. The van der Waals surface area contributed by atoms with Gasteiger partial charge in [-0.25, -0.2) is 4.98 Å². The van der Waals surface area contributed by atoms with Gasteiger partial charge in [-0.05, 0) is 38.7 Å². The van der Waals surface area contributed by atoms with Crippen LogP contribution in [-0.4, -0.2) is 62.8 Å². The Bertz CT molecular complexity index is 1020. The molecular weight excluding hydrogens is 373 g/mol. The SMILES string of the molecule is CN(C)C1CCN(c2nnc(-c3ccc(C(F)(F)F)cc3O)n3ccnc23)C1. The number of aromatic hydroxyl groups is 1. The van der Waals surface area contributed by atoms with Gasteiger partial charge in [-0.15, -0.1) is 10.2 Å². The van der Waals surface area contributed by atoms with E-state index >= 15 is 0 Å². The molecule has 0 radical (unpaired) electrons. The maximum Gasteiger partial charge on any atom is 0.416 e. The molecule has 2 aromatic heterocycles. The summed E-state index contributed by atoms with van der Waals surface area (Å²) in [7, 11) is 4.06. The number of halogens is 3. The van der Waals surface area contributed by atoms with E-state index in [9.17, 15) is 18.3 Å². The molecule has 1 aliphatic heterocycles. The van der Waals surface area contributed by atoms with Crippen LogP contribution in [0.1, 0.15) is 12.0 Å². The van der Waals surface area contributed by atoms with Crippen LogP contribution in [-0.2, 0) is 6.18 Å². The predicted molar refractivity (Wildman–Crippen MR) is 97.2 cm³/mol. The smallest absolute Gasteiger partial charge is 0.416 e. The summed E-state index contributed by atoms with van der Waals surface area (Å²) >= 11 is 0. The Morgan fingerprint density at radius 3 is 2.64 bits per heavy atom. The highest BCUT2D eigenvalue weighted by molar-refractivity contribution is 5.72. The monoisotopic (exact) mass is 392 g/mol. The van der Waals surface area contributed by atoms with Crippen molar-refractivity contribution in [2.24, 2.45) is 0 Å². The molecule has 0 spiro atoms. The zero-order valence-electron chi connectivity index (χ0n) is 15.3. The van der Waals surface area contributed by atoms with Gasteiger partial charge in [-0.1, -0.05) is 0 Å². The van der Waals surface area contributed by atoms with E-state index < -0.39 is 17.5 Å². The number of phenols is 1. The van der Waals surface area contributed by atoms with E-state index in [2.05, 4.69) is 25.0 Å². The first kappa shape index (κ1) is 18.5. The second-order valence-corrected chi connectivity index (χ2v) is 7.05. The molecule has 10 heteroatoms. The van der Waals surface area contributed by atoms with Crippen molar-refractivity contribution in [2.75, 3.05) is 32.1 Å². The van der Waals surface area contributed by atoms with Crippen molar-refractivity contribution in [3.63, 3.8) is 0 Å². The van der Waals surface area contributed by atoms with Crippen molar-refractivity contribution in [1.29, 1.82) is 0 Å². The summed E-state index contributed by atoms with van der Waals surface area (Å²) in [6, 6.07) is 3.19. The Morgan fingerprint density at radius 1 is 1.21 bits per heavy atom. The average Bonchev–Trinajstić information content (AvgIpc) is 3.30. The molecule has 1 aliphatic rings. The van der Waals surface area contributed by atoms with Gasteiger partial charge in [0.05, 0.1) is 11.1 Å². The second-order valence-electron chi connectivity index (χ2n) is 7.05. The lowest BCUT2D eigenvalue weighted by atomic mass is 10.1. The van der Waals surface area contributed by atoms with Crippen LogP contribution in [0, 0.1) is 0 Å². The molecule has 0 amide bonds. The van der Waals surface area contributed by atoms with Crippen LogP contribution in [0.3, 0.4) is 0 Å². The average molecular weight is 392 g/mol. The number of alkyl halides is 3. The quantitative estimate of drug-likeness (QED) is 0.739. The number of benzene rings is 1. The van der Waals surface area contributed by atoms with Crippen molar-refractivity contribution in [3.05, 3.63) is 36.2 Å². The maximum absolute atomic E-state index is 12.9. The third-order valence-corrected chi connectivity index (χ3v) is 5.07. The maximum atomic E-state index is 12.9. The lowest BCUT2D eigenvalue weighted by molar-refractivity contribution is -0.137. The minimum Gasteiger partial charge on any atom is -0.507 e. The van der Waals surface area contributed by atoms with Gasteiger partial charge in [0.25, 0.3) is 0 Å². The summed E-state index contributed by atoms with van der Waals surface area (Å²) < 4.78 is 40.2. The molecule has 3 heterocycles. The standard InChI is InChI=1S/C18H19F3N6O/c1-25(2)12-5-7-26(10-12)17-16-22-6-8-27(16)15(23-24-17)13-4-3-11(9-14(13)28)18(19,20)21/h3-4,6,8-9,12,28H,5,7,10H2,1-2H3. The predicted octanol–water partition coefficient (Wildman–Crippen LogP) is 2.66. The van der Waals surface area contributed by atoms with E-state index in [0.29, 0.717) is 23.6 Å². The van der Waals surface area contributed by atoms with Crippen molar-refractivity contribution in [1.82, 2.24) is 24.5 Å². The largest absolute Gasteiger partial charge is 0.507 e. The minimum atomic E-state index is -4.53. The van der Waals surface area contributed by atoms with Crippen LogP contribution in [0.5, 0.6) is 5.75 Å². The highest BCUT2D eigenvalue weighted by Gasteiger charge is 2.32. The summed E-state index contributed by atoms with van der Waals surface area (Å²) in [5.74, 6) is 0.330. The van der Waals surface area contributed by atoms with Gasteiger partial charge in [-0.3, -0.25) is 4.40 Å². The van der Waals surface area contributed by atoms with Crippen molar-refractivity contribution < 1.29 is 18.3 Å². The van der Waals surface area contributed by atoms with Gasteiger partial charge in [0.2, 0.25) is 0 Å². The molecule has 0 bridgehead atoms. The molecule has 28 heavy (non-hydrogen) atoms. The van der Waals surface area contributed by atoms with Gasteiger partial charge in [0.1, 0.15) is 5.75 Å². The molecule has 1 fully saturated rings. The van der Waals surface area contributed by atoms with E-state index in [0.717, 1.165) is 25.6 Å². The topological polar surface area (TPSA) is 69.8 Å². The zero-order valence-corrected chi connectivity index (χ0v) is 15.3. The molecule has 4 rings (SSSR count). The Kier molecular flexibility index (Phi) is 4.37. The molecule has 1 unspecified atom stereocenters. The van der Waals surface area contributed by atoms with Gasteiger partial charge in [0, 0.05) is 31.5 Å². The Morgan fingerprint density at radius 2 is 2.00 bits per heavy atom. The number of phenolic OH excluding ortho intramolecular Hbond substituents is 1. The highest BCUT2D eigenvalue weighted by atomic mass is 19.4. The lowest BCUT2D eigenvalue weighted by Gasteiger charge is -2.21. The summed E-state index contributed by atoms with van der Waals surface area (Å²) in [6.45, 7) is 1.60. The zero-order chi connectivity index (χ0) is 20.1. The van der Waals surface area contributed by atoms with Crippen LogP contribution in [0.4, 0.5) is 19.0 Å². The van der Waals surface area contributed by atoms with E-state index in [-0.39, 0.29) is 11.4 Å². The first-order valence-electron chi connectivity index (χ1n) is 8.77. The first-order valence-corrected chi connectivity index (χ1v) is 8.77. The van der Waals surface area contributed by atoms with Crippen LogP contribution in [0.15, 0.2) is 30.6 Å². The number of hydrogen-bond acceptors (Lipinski definition) is 6. The van der Waals surface area contributed by atoms with Crippen LogP contribution < -0.4 is 4.90 Å². The highest BCUT2D eigenvalue weighted by Crippen LogP contribution is 2.36. The first-order chi connectivity index (χ1) is 13.3. The van der Waals surface area contributed by atoms with Gasteiger partial charge in [0.15, 0.2) is 17.3 Å². The number of hydrogen-bond donors (Lipinski definition) is 1. The number of aromatic nitrogens is 4. The Balaban J connectivity index is 1.74. The number of fused-ring (bicyclic) bond motifs is 1. The number of rotatable bonds is 3. The van der Waals surface area contributed by atoms with E-state index in [1.54, 1.807) is 16.8 Å². The molecule has 3 aromatic rings. The van der Waals surface area contributed by atoms with Crippen molar-refractivity contribution >= 4 is 11.5 Å². The summed E-state index contributed by atoms with van der Waals surface area (Å²) in [5, 5.41) is 18.6. The summed E-state index contributed by atoms with van der Waals surface area (Å²) in [4.78, 5) is 8.60. The van der Waals surface area contributed by atoms with E-state index in [1.165, 1.54) is 6.07 Å². The molecule has 1 saturated heterocycles. The molecule has 1 aromatic carbocycles. The van der Waals surface area contributed by atoms with Crippen LogP contribution in [0.25, 0.3) is 17.0 Å². The van der Waals surface area contributed by atoms with Gasteiger partial charge >= 0.3 is 6.18 Å². The number of likely N-dealkylation sites (N-methyl/N-ethyl adjacent to an activating group) is 1. The Labute approximate surface area is 159 Å². The van der Waals surface area contributed by atoms with E-state index in [4.69, 9.17) is 0 Å². The molecule has 1 atom stereocenters.